The van der Waals surface area contributed by atoms with E-state index in [9.17, 15) is 4.79 Å². The molecule has 0 bridgehead atoms. The number of ether oxygens (including phenoxy) is 1. The van der Waals surface area contributed by atoms with Crippen LogP contribution < -0.4 is 10.2 Å². The van der Waals surface area contributed by atoms with E-state index in [2.05, 4.69) is 76.8 Å². The van der Waals surface area contributed by atoms with Gasteiger partial charge >= 0.3 is 0 Å². The van der Waals surface area contributed by atoms with Crippen LogP contribution in [0.2, 0.25) is 0 Å². The average molecular weight is 456 g/mol. The van der Waals surface area contributed by atoms with Crippen LogP contribution in [0.4, 0.5) is 5.69 Å². The van der Waals surface area contributed by atoms with Crippen LogP contribution in [-0.4, -0.2) is 57.2 Å². The number of hydrogen-bond acceptors (Lipinski definition) is 4. The topological polar surface area (TPSA) is 44.8 Å². The number of fused-ring (bicyclic) bond motifs is 1. The fourth-order valence-electron chi connectivity index (χ4n) is 5.04. The predicted octanol–water partition coefficient (Wildman–Crippen LogP) is 4.08. The van der Waals surface area contributed by atoms with Crippen LogP contribution in [0.3, 0.4) is 0 Å². The van der Waals surface area contributed by atoms with Gasteiger partial charge in [-0.1, -0.05) is 66.7 Å². The highest BCUT2D eigenvalue weighted by molar-refractivity contribution is 5.79. The van der Waals surface area contributed by atoms with E-state index in [0.29, 0.717) is 13.0 Å². The highest BCUT2D eigenvalue weighted by Gasteiger charge is 2.25. The highest BCUT2D eigenvalue weighted by atomic mass is 16.5. The van der Waals surface area contributed by atoms with E-state index in [1.54, 1.807) is 0 Å². The zero-order chi connectivity index (χ0) is 23.3. The molecule has 2 aliphatic rings. The van der Waals surface area contributed by atoms with Gasteiger partial charge in [0.05, 0.1) is 25.7 Å². The van der Waals surface area contributed by atoms with Crippen LogP contribution in [0.1, 0.15) is 22.7 Å². The second-order valence-corrected chi connectivity index (χ2v) is 9.27. The van der Waals surface area contributed by atoms with Crippen molar-refractivity contribution in [3.05, 3.63) is 89.5 Å². The van der Waals surface area contributed by atoms with E-state index in [0.717, 1.165) is 44.8 Å². The Bertz CT molecular complexity index is 1110. The van der Waals surface area contributed by atoms with Crippen molar-refractivity contribution in [3.63, 3.8) is 0 Å². The lowest BCUT2D eigenvalue weighted by atomic mass is 10.00. The third-order valence-corrected chi connectivity index (χ3v) is 7.02. The fourth-order valence-corrected chi connectivity index (χ4v) is 5.04. The van der Waals surface area contributed by atoms with Gasteiger partial charge in [0, 0.05) is 38.9 Å². The first-order chi connectivity index (χ1) is 16.7. The molecule has 1 saturated heterocycles. The molecule has 2 aliphatic heterocycles. The van der Waals surface area contributed by atoms with E-state index >= 15 is 0 Å². The summed E-state index contributed by atoms with van der Waals surface area (Å²) in [4.78, 5) is 17.6. The van der Waals surface area contributed by atoms with Gasteiger partial charge in [0.15, 0.2) is 0 Å². The molecule has 5 rings (SSSR count). The first kappa shape index (κ1) is 22.6. The van der Waals surface area contributed by atoms with Crippen LogP contribution in [0.15, 0.2) is 72.8 Å². The lowest BCUT2D eigenvalue weighted by Crippen LogP contribution is -2.44. The van der Waals surface area contributed by atoms with Crippen LogP contribution in [-0.2, 0) is 22.4 Å². The molecule has 3 aromatic carbocycles. The van der Waals surface area contributed by atoms with E-state index in [1.807, 2.05) is 18.2 Å². The van der Waals surface area contributed by atoms with Gasteiger partial charge in [-0.05, 0) is 40.3 Å². The Morgan fingerprint density at radius 1 is 0.941 bits per heavy atom. The molecule has 1 fully saturated rings. The molecule has 5 heteroatoms. The summed E-state index contributed by atoms with van der Waals surface area (Å²) in [5.41, 5.74) is 7.39. The second-order valence-electron chi connectivity index (χ2n) is 9.27. The molecule has 1 atom stereocenters. The molecule has 0 spiro atoms. The Kier molecular flexibility index (Phi) is 6.93. The summed E-state index contributed by atoms with van der Waals surface area (Å²) in [6, 6.07) is 25.6. The van der Waals surface area contributed by atoms with Gasteiger partial charge in [-0.3, -0.25) is 9.69 Å². The van der Waals surface area contributed by atoms with Crippen molar-refractivity contribution in [1.29, 1.82) is 0 Å². The number of rotatable bonds is 7. The lowest BCUT2D eigenvalue weighted by Gasteiger charge is -2.35. The maximum absolute atomic E-state index is 12.9. The quantitative estimate of drug-likeness (QED) is 0.583. The maximum Gasteiger partial charge on any atom is 0.224 e. The van der Waals surface area contributed by atoms with Crippen molar-refractivity contribution in [2.45, 2.75) is 18.9 Å². The van der Waals surface area contributed by atoms with Crippen molar-refractivity contribution in [1.82, 2.24) is 10.2 Å². The Morgan fingerprint density at radius 2 is 1.68 bits per heavy atom. The molecule has 176 valence electrons. The Morgan fingerprint density at radius 3 is 2.44 bits per heavy atom. The van der Waals surface area contributed by atoms with E-state index in [4.69, 9.17) is 4.74 Å². The third kappa shape index (κ3) is 5.16. The number of carbonyl (C=O) groups is 1. The molecule has 1 N–H and O–H groups in total. The molecular weight excluding hydrogens is 422 g/mol. The minimum atomic E-state index is 0.0617. The van der Waals surface area contributed by atoms with Crippen LogP contribution in [0.25, 0.3) is 11.1 Å². The number of carbonyl (C=O) groups excluding carboxylic acids is 1. The van der Waals surface area contributed by atoms with Crippen molar-refractivity contribution in [2.75, 3.05) is 51.3 Å². The molecule has 1 amide bonds. The number of nitrogens with one attached hydrogen (secondary N) is 1. The monoisotopic (exact) mass is 455 g/mol. The van der Waals surface area contributed by atoms with E-state index in [1.165, 1.54) is 27.9 Å². The van der Waals surface area contributed by atoms with Gasteiger partial charge in [-0.25, -0.2) is 0 Å². The number of nitrogens with zero attached hydrogens (tertiary/aromatic N) is 2. The van der Waals surface area contributed by atoms with Crippen LogP contribution in [0.5, 0.6) is 0 Å². The second kappa shape index (κ2) is 10.4. The summed E-state index contributed by atoms with van der Waals surface area (Å²) in [6.45, 7) is 4.94. The number of amides is 1. The first-order valence-electron chi connectivity index (χ1n) is 12.2. The maximum atomic E-state index is 12.9. The molecule has 34 heavy (non-hydrogen) atoms. The molecule has 0 radical (unpaired) electrons. The number of anilines is 1. The normalized spacial score (nSPS) is 16.8. The molecule has 0 saturated carbocycles. The van der Waals surface area contributed by atoms with Gasteiger partial charge in [0.2, 0.25) is 5.91 Å². The molecule has 2 heterocycles. The minimum absolute atomic E-state index is 0.0617. The SMILES string of the molecule is CN1CCc2cc([C@@H](CNC(=O)Cc3ccc(-c4ccccc4)cc3)N3CCOCC3)ccc21. The number of morpholine rings is 1. The third-order valence-electron chi connectivity index (χ3n) is 7.02. The van der Waals surface area contributed by atoms with Gasteiger partial charge in [-0.15, -0.1) is 0 Å². The summed E-state index contributed by atoms with van der Waals surface area (Å²) in [5.74, 6) is 0.0617. The Hall–Kier alpha value is -3.15. The summed E-state index contributed by atoms with van der Waals surface area (Å²) in [7, 11) is 2.15. The van der Waals surface area contributed by atoms with Crippen LogP contribution >= 0.6 is 0 Å². The Labute approximate surface area is 202 Å². The van der Waals surface area contributed by atoms with Crippen molar-refractivity contribution in [2.24, 2.45) is 0 Å². The van der Waals surface area contributed by atoms with Crippen molar-refractivity contribution in [3.8, 4) is 11.1 Å². The van der Waals surface area contributed by atoms with Crippen LogP contribution in [0, 0.1) is 0 Å². The summed E-state index contributed by atoms with van der Waals surface area (Å²) < 4.78 is 5.58. The summed E-state index contributed by atoms with van der Waals surface area (Å²) in [6.07, 6.45) is 1.47. The number of benzene rings is 3. The van der Waals surface area contributed by atoms with Gasteiger partial charge in [0.1, 0.15) is 0 Å². The Balaban J connectivity index is 1.24. The summed E-state index contributed by atoms with van der Waals surface area (Å²) in [5, 5.41) is 3.22. The molecular formula is C29H33N3O2. The molecule has 5 nitrogen and oxygen atoms in total. The van der Waals surface area contributed by atoms with E-state index < -0.39 is 0 Å². The smallest absolute Gasteiger partial charge is 0.224 e. The number of likely N-dealkylation sites (N-methyl/N-ethyl adjacent to an activating group) is 1. The van der Waals surface area contributed by atoms with Crippen molar-refractivity contribution >= 4 is 11.6 Å². The largest absolute Gasteiger partial charge is 0.379 e. The zero-order valence-corrected chi connectivity index (χ0v) is 19.9. The predicted molar refractivity (Wildman–Crippen MR) is 137 cm³/mol. The first-order valence-corrected chi connectivity index (χ1v) is 12.2. The van der Waals surface area contributed by atoms with Crippen molar-refractivity contribution < 1.29 is 9.53 Å². The van der Waals surface area contributed by atoms with Gasteiger partial charge < -0.3 is 15.0 Å². The van der Waals surface area contributed by atoms with Gasteiger partial charge in [0.25, 0.3) is 0 Å². The molecule has 3 aromatic rings. The highest BCUT2D eigenvalue weighted by Crippen LogP contribution is 2.31. The standard InChI is InChI=1S/C29H33N3O2/c1-31-14-13-26-20-25(11-12-27(26)31)28(32-15-17-34-18-16-32)21-30-29(33)19-22-7-9-24(10-8-22)23-5-3-2-4-6-23/h2-12,20,28H,13-19,21H2,1H3,(H,30,33)/t28-/m1/s1. The number of hydrogen-bond donors (Lipinski definition) is 1. The van der Waals surface area contributed by atoms with E-state index in [-0.39, 0.29) is 11.9 Å². The van der Waals surface area contributed by atoms with Gasteiger partial charge in [-0.2, -0.15) is 0 Å². The molecule has 0 aromatic heterocycles. The minimum Gasteiger partial charge on any atom is -0.379 e. The lowest BCUT2D eigenvalue weighted by molar-refractivity contribution is -0.120. The molecule has 0 unspecified atom stereocenters. The summed E-state index contributed by atoms with van der Waals surface area (Å²) >= 11 is 0. The molecule has 0 aliphatic carbocycles. The average Bonchev–Trinajstić information content (AvgIpc) is 3.26. The zero-order valence-electron chi connectivity index (χ0n) is 19.9. The fraction of sp³-hybridized carbons (Fsp3) is 0.345.